The molecule has 0 radical (unpaired) electrons. The zero-order valence-corrected chi connectivity index (χ0v) is 12.1. The molecule has 0 aliphatic rings. The summed E-state index contributed by atoms with van der Waals surface area (Å²) in [6, 6.07) is 13.9. The van der Waals surface area contributed by atoms with Crippen LogP contribution >= 0.6 is 0 Å². The van der Waals surface area contributed by atoms with Gasteiger partial charge in [0, 0.05) is 5.10 Å². The van der Waals surface area contributed by atoms with Crippen LogP contribution in [0.25, 0.3) is 0 Å². The van der Waals surface area contributed by atoms with Crippen LogP contribution in [0.1, 0.15) is 5.56 Å². The third-order valence-corrected chi connectivity index (χ3v) is 2.26. The molecule has 1 heterocycles. The van der Waals surface area contributed by atoms with Crippen molar-refractivity contribution in [3.8, 4) is 0 Å². The van der Waals surface area contributed by atoms with Gasteiger partial charge in [0.2, 0.25) is 10.4 Å². The first-order chi connectivity index (χ1) is 9.86. The van der Waals surface area contributed by atoms with Gasteiger partial charge in [-0.15, -0.1) is 0 Å². The fourth-order valence-electron chi connectivity index (χ4n) is 1.35. The van der Waals surface area contributed by atoms with Crippen molar-refractivity contribution in [2.75, 3.05) is 5.43 Å². The summed E-state index contributed by atoms with van der Waals surface area (Å²) in [6.45, 7) is 2.05. The van der Waals surface area contributed by atoms with Crippen LogP contribution in [0, 0.1) is 6.92 Å². The van der Waals surface area contributed by atoms with E-state index in [1.165, 1.54) is 5.56 Å². The Labute approximate surface area is 123 Å². The van der Waals surface area contributed by atoms with E-state index in [9.17, 15) is 0 Å². The maximum atomic E-state index is 8.63. The number of rotatable bonds is 3. The lowest BCUT2D eigenvalue weighted by Gasteiger charge is -1.98. The summed E-state index contributed by atoms with van der Waals surface area (Å²) in [6.07, 6.45) is 5.60. The maximum absolute atomic E-state index is 8.63. The number of anilines is 1. The van der Waals surface area contributed by atoms with Gasteiger partial charge in [-0.2, -0.15) is 5.43 Å². The second-order valence-corrected chi connectivity index (χ2v) is 4.78. The van der Waals surface area contributed by atoms with E-state index in [0.29, 0.717) is 0 Å². The Bertz CT molecular complexity index is 680. The summed E-state index contributed by atoms with van der Waals surface area (Å²) < 4.78 is 34.7. The number of hydrogen-bond acceptors (Lipinski definition) is 5. The van der Waals surface area contributed by atoms with Gasteiger partial charge in [0.1, 0.15) is 0 Å². The predicted molar refractivity (Wildman–Crippen MR) is 77.7 cm³/mol. The molecule has 0 fully saturated rings. The third kappa shape index (κ3) is 8.47. The second-order valence-electron chi connectivity index (χ2n) is 3.92. The molecule has 0 amide bonds. The molecule has 8 heteroatoms. The lowest BCUT2D eigenvalue weighted by atomic mass is 10.2. The highest BCUT2D eigenvalue weighted by Crippen LogP contribution is 2.12. The zero-order chi connectivity index (χ0) is 15.7. The third-order valence-electron chi connectivity index (χ3n) is 2.26. The van der Waals surface area contributed by atoms with Crippen molar-refractivity contribution in [2.45, 2.75) is 6.92 Å². The SMILES string of the molecule is Cc1ccccc1NN=C[n+]1ccccc1.O=S(=O)([O-])O. The largest absolute Gasteiger partial charge is 0.726 e. The Kier molecular flexibility index (Phi) is 6.47. The quantitative estimate of drug-likeness (QED) is 0.221. The van der Waals surface area contributed by atoms with E-state index in [1.54, 1.807) is 6.34 Å². The lowest BCUT2D eigenvalue weighted by molar-refractivity contribution is -0.546. The van der Waals surface area contributed by atoms with Crippen molar-refractivity contribution in [3.05, 3.63) is 60.4 Å². The maximum Gasteiger partial charge on any atom is 0.316 e. The lowest BCUT2D eigenvalue weighted by Crippen LogP contribution is -2.32. The van der Waals surface area contributed by atoms with Crippen molar-refractivity contribution in [1.82, 2.24) is 0 Å². The Morgan fingerprint density at radius 1 is 1.19 bits per heavy atom. The number of para-hydroxylation sites is 1. The molecular formula is C13H15N3O4S. The topological polar surface area (TPSA) is 106 Å². The fourth-order valence-corrected chi connectivity index (χ4v) is 1.35. The van der Waals surface area contributed by atoms with Crippen molar-refractivity contribution in [3.63, 3.8) is 0 Å². The van der Waals surface area contributed by atoms with Crippen LogP contribution in [0.15, 0.2) is 60.0 Å². The standard InChI is InChI=1S/C13H14N3.H2O4S/c1-12-7-3-4-8-13(12)15-14-11-16-9-5-2-6-10-16;1-5(2,3)4/h2-11,15H,1H3;(H2,1,2,3,4)/q+1;/p-1. The van der Waals surface area contributed by atoms with Crippen molar-refractivity contribution in [1.29, 1.82) is 0 Å². The Morgan fingerprint density at radius 3 is 2.33 bits per heavy atom. The molecule has 0 bridgehead atoms. The van der Waals surface area contributed by atoms with Crippen LogP contribution in [0.2, 0.25) is 0 Å². The fraction of sp³-hybridized carbons (Fsp3) is 0.0769. The number of aryl methyl sites for hydroxylation is 1. The van der Waals surface area contributed by atoms with Gasteiger partial charge >= 0.3 is 6.34 Å². The summed E-state index contributed by atoms with van der Waals surface area (Å²) in [5.41, 5.74) is 5.21. The van der Waals surface area contributed by atoms with E-state index in [-0.39, 0.29) is 0 Å². The van der Waals surface area contributed by atoms with Crippen LogP contribution in [-0.4, -0.2) is 23.9 Å². The van der Waals surface area contributed by atoms with Crippen LogP contribution in [0.5, 0.6) is 0 Å². The number of nitrogens with one attached hydrogen (secondary N) is 1. The van der Waals surface area contributed by atoms with Crippen LogP contribution in [0.3, 0.4) is 0 Å². The van der Waals surface area contributed by atoms with Gasteiger partial charge in [0.15, 0.2) is 0 Å². The number of hydrazone groups is 1. The summed E-state index contributed by atoms with van der Waals surface area (Å²) in [5.74, 6) is 0. The van der Waals surface area contributed by atoms with E-state index >= 15 is 0 Å². The molecule has 0 unspecified atom stereocenters. The molecule has 2 aromatic rings. The van der Waals surface area contributed by atoms with Crippen LogP contribution in [-0.2, 0) is 10.4 Å². The summed E-state index contributed by atoms with van der Waals surface area (Å²) in [4.78, 5) is 0. The van der Waals surface area contributed by atoms with Gasteiger partial charge in [-0.1, -0.05) is 24.3 Å². The van der Waals surface area contributed by atoms with Crippen molar-refractivity contribution in [2.24, 2.45) is 5.10 Å². The zero-order valence-electron chi connectivity index (χ0n) is 11.2. The first-order valence-electron chi connectivity index (χ1n) is 5.85. The molecule has 0 atom stereocenters. The smallest absolute Gasteiger partial charge is 0.316 e. The summed E-state index contributed by atoms with van der Waals surface area (Å²) in [7, 11) is -4.92. The average Bonchev–Trinajstić information content (AvgIpc) is 2.40. The number of nitrogens with zero attached hydrogens (tertiary/aromatic N) is 2. The Hall–Kier alpha value is -2.29. The molecular weight excluding hydrogens is 294 g/mol. The molecule has 7 nitrogen and oxygen atoms in total. The Balaban J connectivity index is 0.000000383. The van der Waals surface area contributed by atoms with E-state index in [4.69, 9.17) is 17.5 Å². The van der Waals surface area contributed by atoms with Crippen LogP contribution < -0.4 is 9.99 Å². The molecule has 1 aromatic carbocycles. The minimum Gasteiger partial charge on any atom is -0.726 e. The molecule has 112 valence electrons. The minimum atomic E-state index is -4.92. The summed E-state index contributed by atoms with van der Waals surface area (Å²) >= 11 is 0. The normalized spacial score (nSPS) is 10.8. The van der Waals surface area contributed by atoms with E-state index < -0.39 is 10.4 Å². The van der Waals surface area contributed by atoms with E-state index in [1.807, 2.05) is 66.3 Å². The van der Waals surface area contributed by atoms with Crippen LogP contribution in [0.4, 0.5) is 5.69 Å². The second kappa shape index (κ2) is 8.10. The molecule has 0 saturated carbocycles. The molecule has 1 aromatic heterocycles. The average molecular weight is 309 g/mol. The molecule has 2 rings (SSSR count). The minimum absolute atomic E-state index is 1.02. The number of aromatic nitrogens is 1. The van der Waals surface area contributed by atoms with Crippen molar-refractivity contribution >= 4 is 22.4 Å². The first-order valence-corrected chi connectivity index (χ1v) is 7.21. The van der Waals surface area contributed by atoms with Gasteiger partial charge < -0.3 is 4.55 Å². The van der Waals surface area contributed by atoms with Gasteiger partial charge in [0.05, 0.1) is 18.1 Å². The molecule has 0 aliphatic heterocycles. The first kappa shape index (κ1) is 16.8. The van der Waals surface area contributed by atoms with Gasteiger partial charge in [-0.3, -0.25) is 4.55 Å². The number of benzene rings is 1. The van der Waals surface area contributed by atoms with Gasteiger partial charge in [-0.05, 0) is 30.7 Å². The van der Waals surface area contributed by atoms with E-state index in [0.717, 1.165) is 5.69 Å². The van der Waals surface area contributed by atoms with Gasteiger partial charge in [0.25, 0.3) is 0 Å². The van der Waals surface area contributed by atoms with E-state index in [2.05, 4.69) is 10.5 Å². The molecule has 21 heavy (non-hydrogen) atoms. The number of hydrogen-bond donors (Lipinski definition) is 2. The highest BCUT2D eigenvalue weighted by Gasteiger charge is 1.96. The molecule has 2 N–H and O–H groups in total. The molecule has 0 saturated heterocycles. The monoisotopic (exact) mass is 309 g/mol. The molecule has 0 aliphatic carbocycles. The van der Waals surface area contributed by atoms with Gasteiger partial charge in [-0.25, -0.2) is 13.0 Å². The highest BCUT2D eigenvalue weighted by molar-refractivity contribution is 7.79. The highest BCUT2D eigenvalue weighted by atomic mass is 32.3. The molecule has 0 spiro atoms. The predicted octanol–water partition coefficient (Wildman–Crippen LogP) is 1.19. The Morgan fingerprint density at radius 2 is 1.76 bits per heavy atom. The number of pyridine rings is 1. The van der Waals surface area contributed by atoms with Crippen molar-refractivity contribution < 1.29 is 22.1 Å². The summed E-state index contributed by atoms with van der Waals surface area (Å²) in [5, 5.41) is 4.16.